The molecule has 6 nitrogen and oxygen atoms in total. The van der Waals surface area contributed by atoms with Crippen molar-refractivity contribution >= 4 is 11.9 Å². The Morgan fingerprint density at radius 3 is 2.81 bits per heavy atom. The van der Waals surface area contributed by atoms with Crippen LogP contribution in [0, 0.1) is 22.7 Å². The molecule has 0 amide bonds. The Kier molecular flexibility index (Phi) is 4.04. The van der Waals surface area contributed by atoms with Crippen LogP contribution in [0.15, 0.2) is 35.2 Å². The van der Waals surface area contributed by atoms with Crippen molar-refractivity contribution in [2.45, 2.75) is 51.2 Å². The summed E-state index contributed by atoms with van der Waals surface area (Å²) >= 11 is 0. The number of allylic oxidation sites excluding steroid dienone is 1. The lowest BCUT2D eigenvalue weighted by Gasteiger charge is -2.62. The third-order valence-corrected chi connectivity index (χ3v) is 7.49. The summed E-state index contributed by atoms with van der Waals surface area (Å²) in [6, 6.07) is 1.81. The number of hydrogen-bond donors (Lipinski definition) is 1. The van der Waals surface area contributed by atoms with Crippen LogP contribution in [0.4, 0.5) is 0 Å². The number of furan rings is 1. The molecule has 0 aromatic carbocycles. The first-order chi connectivity index (χ1) is 12.8. The molecule has 0 spiro atoms. The maximum atomic E-state index is 12.8. The molecule has 2 fully saturated rings. The molecule has 1 saturated carbocycles. The molecule has 146 valence electrons. The Bertz CT molecular complexity index is 783. The highest BCUT2D eigenvalue weighted by Gasteiger charge is 2.67. The van der Waals surface area contributed by atoms with E-state index in [0.717, 1.165) is 5.56 Å². The summed E-state index contributed by atoms with van der Waals surface area (Å²) in [4.78, 5) is 25.3. The van der Waals surface area contributed by atoms with E-state index in [0.29, 0.717) is 25.7 Å². The van der Waals surface area contributed by atoms with Gasteiger partial charge in [-0.15, -0.1) is 0 Å². The standard InChI is InChI=1S/C21H26O6/c1-19-11-15(13-7-10-26-12-13)27-17(22)14(19)6-9-20(2)16(19)5-4-8-21(20,24)18(23)25-3/h4,7-8,10,12,14-16,24H,5-6,9,11H2,1-3H3. The van der Waals surface area contributed by atoms with Crippen LogP contribution in [-0.4, -0.2) is 29.8 Å². The molecule has 4 rings (SSSR count). The van der Waals surface area contributed by atoms with Crippen LogP contribution in [0.2, 0.25) is 0 Å². The van der Waals surface area contributed by atoms with Crippen molar-refractivity contribution in [1.82, 2.24) is 0 Å². The molecule has 2 aliphatic carbocycles. The Morgan fingerprint density at radius 1 is 1.37 bits per heavy atom. The Hall–Kier alpha value is -2.08. The van der Waals surface area contributed by atoms with E-state index in [2.05, 4.69) is 6.92 Å². The Labute approximate surface area is 158 Å². The molecule has 27 heavy (non-hydrogen) atoms. The monoisotopic (exact) mass is 374 g/mol. The van der Waals surface area contributed by atoms with Crippen molar-refractivity contribution in [3.8, 4) is 0 Å². The quantitative estimate of drug-likeness (QED) is 0.632. The Morgan fingerprint density at radius 2 is 2.15 bits per heavy atom. The zero-order chi connectivity index (χ0) is 19.4. The van der Waals surface area contributed by atoms with E-state index in [1.54, 1.807) is 18.6 Å². The Balaban J connectivity index is 1.76. The number of rotatable bonds is 2. The number of carbonyl (C=O) groups is 2. The fourth-order valence-corrected chi connectivity index (χ4v) is 5.91. The number of esters is 2. The maximum absolute atomic E-state index is 12.8. The average molecular weight is 374 g/mol. The number of methoxy groups -OCH3 is 1. The molecular formula is C21H26O6. The van der Waals surface area contributed by atoms with Gasteiger partial charge < -0.3 is 19.0 Å². The fraction of sp³-hybridized carbons (Fsp3) is 0.619. The van der Waals surface area contributed by atoms with Gasteiger partial charge >= 0.3 is 11.9 Å². The summed E-state index contributed by atoms with van der Waals surface area (Å²) in [5, 5.41) is 11.3. The second-order valence-electron chi connectivity index (χ2n) is 8.65. The lowest BCUT2D eigenvalue weighted by Crippen LogP contribution is -2.65. The van der Waals surface area contributed by atoms with Gasteiger partial charge in [-0.1, -0.05) is 19.9 Å². The molecule has 1 aliphatic heterocycles. The molecular weight excluding hydrogens is 348 g/mol. The largest absolute Gasteiger partial charge is 0.472 e. The number of aliphatic hydroxyl groups is 1. The molecule has 0 radical (unpaired) electrons. The summed E-state index contributed by atoms with van der Waals surface area (Å²) in [6.45, 7) is 4.05. The third kappa shape index (κ3) is 2.35. The highest BCUT2D eigenvalue weighted by atomic mass is 16.5. The van der Waals surface area contributed by atoms with Crippen LogP contribution in [0.1, 0.15) is 51.2 Å². The van der Waals surface area contributed by atoms with E-state index in [4.69, 9.17) is 13.9 Å². The van der Waals surface area contributed by atoms with Gasteiger partial charge in [0.1, 0.15) is 6.10 Å². The van der Waals surface area contributed by atoms with Gasteiger partial charge in [-0.3, -0.25) is 4.79 Å². The molecule has 1 aromatic rings. The molecule has 6 heteroatoms. The number of fused-ring (bicyclic) bond motifs is 3. The zero-order valence-corrected chi connectivity index (χ0v) is 15.9. The van der Waals surface area contributed by atoms with Crippen LogP contribution in [0.25, 0.3) is 0 Å². The van der Waals surface area contributed by atoms with Gasteiger partial charge in [0.25, 0.3) is 0 Å². The SMILES string of the molecule is COC(=O)C1(O)C=CCC2C3(C)CC(c4ccoc4)OC(=O)C3CCC21C. The average Bonchev–Trinajstić information content (AvgIpc) is 3.16. The first kappa shape index (κ1) is 18.3. The molecule has 0 bridgehead atoms. The minimum atomic E-state index is -1.69. The summed E-state index contributed by atoms with van der Waals surface area (Å²) < 4.78 is 15.8. The predicted molar refractivity (Wildman–Crippen MR) is 95.3 cm³/mol. The smallest absolute Gasteiger partial charge is 0.342 e. The van der Waals surface area contributed by atoms with Gasteiger partial charge in [0.15, 0.2) is 5.60 Å². The first-order valence-electron chi connectivity index (χ1n) is 9.47. The van der Waals surface area contributed by atoms with Crippen molar-refractivity contribution in [1.29, 1.82) is 0 Å². The van der Waals surface area contributed by atoms with Gasteiger partial charge in [-0.25, -0.2) is 4.79 Å². The van der Waals surface area contributed by atoms with Crippen molar-refractivity contribution in [3.05, 3.63) is 36.3 Å². The molecule has 1 saturated heterocycles. The second-order valence-corrected chi connectivity index (χ2v) is 8.65. The van der Waals surface area contributed by atoms with E-state index < -0.39 is 22.4 Å². The first-order valence-corrected chi connectivity index (χ1v) is 9.47. The van der Waals surface area contributed by atoms with Crippen LogP contribution in [-0.2, 0) is 19.1 Å². The topological polar surface area (TPSA) is 86.0 Å². The number of hydrogen-bond acceptors (Lipinski definition) is 6. The van der Waals surface area contributed by atoms with Gasteiger partial charge in [0, 0.05) is 11.0 Å². The van der Waals surface area contributed by atoms with E-state index in [1.807, 2.05) is 19.1 Å². The van der Waals surface area contributed by atoms with Crippen LogP contribution in [0.5, 0.6) is 0 Å². The van der Waals surface area contributed by atoms with Crippen molar-refractivity contribution in [2.24, 2.45) is 22.7 Å². The van der Waals surface area contributed by atoms with Gasteiger partial charge in [-0.05, 0) is 49.2 Å². The molecule has 2 heterocycles. The lowest BCUT2D eigenvalue weighted by atomic mass is 9.43. The maximum Gasteiger partial charge on any atom is 0.342 e. The minimum Gasteiger partial charge on any atom is -0.472 e. The van der Waals surface area contributed by atoms with E-state index >= 15 is 0 Å². The van der Waals surface area contributed by atoms with E-state index in [-0.39, 0.29) is 23.9 Å². The van der Waals surface area contributed by atoms with Crippen LogP contribution < -0.4 is 0 Å². The third-order valence-electron chi connectivity index (χ3n) is 7.49. The highest BCUT2D eigenvalue weighted by molar-refractivity contribution is 5.84. The number of cyclic esters (lactones) is 1. The molecule has 3 aliphatic rings. The normalized spacial score (nSPS) is 43.4. The summed E-state index contributed by atoms with van der Waals surface area (Å²) in [6.07, 6.45) is 8.70. The van der Waals surface area contributed by atoms with Gasteiger partial charge in [0.2, 0.25) is 0 Å². The number of ether oxygens (including phenoxy) is 2. The van der Waals surface area contributed by atoms with Crippen LogP contribution >= 0.6 is 0 Å². The summed E-state index contributed by atoms with van der Waals surface area (Å²) in [5.74, 6) is -1.14. The highest BCUT2D eigenvalue weighted by Crippen LogP contribution is 2.65. The van der Waals surface area contributed by atoms with Crippen molar-refractivity contribution < 1.29 is 28.6 Å². The fourth-order valence-electron chi connectivity index (χ4n) is 5.91. The van der Waals surface area contributed by atoms with Crippen molar-refractivity contribution in [3.63, 3.8) is 0 Å². The van der Waals surface area contributed by atoms with E-state index in [9.17, 15) is 14.7 Å². The minimum absolute atomic E-state index is 0.0555. The van der Waals surface area contributed by atoms with Gasteiger partial charge in [-0.2, -0.15) is 0 Å². The van der Waals surface area contributed by atoms with Crippen molar-refractivity contribution in [2.75, 3.05) is 7.11 Å². The lowest BCUT2D eigenvalue weighted by molar-refractivity contribution is -0.216. The van der Waals surface area contributed by atoms with E-state index in [1.165, 1.54) is 7.11 Å². The number of carbonyl (C=O) groups excluding carboxylic acids is 2. The second kappa shape index (κ2) is 5.96. The molecule has 1 N–H and O–H groups in total. The molecule has 6 unspecified atom stereocenters. The summed E-state index contributed by atoms with van der Waals surface area (Å²) in [7, 11) is 1.29. The predicted octanol–water partition coefficient (Wildman–Crippen LogP) is 3.17. The zero-order valence-electron chi connectivity index (χ0n) is 15.9. The molecule has 1 aromatic heterocycles. The molecule has 6 atom stereocenters. The van der Waals surface area contributed by atoms with Gasteiger partial charge in [0.05, 0.1) is 25.6 Å². The van der Waals surface area contributed by atoms with Crippen LogP contribution in [0.3, 0.4) is 0 Å². The summed E-state index contributed by atoms with van der Waals surface area (Å²) in [5.41, 5.74) is -1.97.